The zero-order chi connectivity index (χ0) is 20.5. The van der Waals surface area contributed by atoms with Gasteiger partial charge in [-0.25, -0.2) is 4.98 Å². The van der Waals surface area contributed by atoms with Gasteiger partial charge in [-0.15, -0.1) is 0 Å². The number of aromatic hydroxyl groups is 1. The van der Waals surface area contributed by atoms with E-state index in [4.69, 9.17) is 21.4 Å². The molecule has 2 aromatic heterocycles. The average molecular weight is 413 g/mol. The van der Waals surface area contributed by atoms with Crippen LogP contribution in [-0.2, 0) is 4.79 Å². The topological polar surface area (TPSA) is 126 Å². The lowest BCUT2D eigenvalue weighted by Crippen LogP contribution is -2.29. The molecule has 4 rings (SSSR count). The molecule has 9 nitrogen and oxygen atoms in total. The van der Waals surface area contributed by atoms with Crippen LogP contribution in [0.4, 0.5) is 0 Å². The third-order valence-electron chi connectivity index (χ3n) is 4.14. The summed E-state index contributed by atoms with van der Waals surface area (Å²) in [5.41, 5.74) is -0.188. The van der Waals surface area contributed by atoms with E-state index in [9.17, 15) is 14.7 Å². The number of carbonyl (C=O) groups excluding carboxylic acids is 1. The van der Waals surface area contributed by atoms with Gasteiger partial charge in [0.1, 0.15) is 29.9 Å². The normalized spacial score (nSPS) is 10.9. The molecule has 2 heterocycles. The van der Waals surface area contributed by atoms with Crippen LogP contribution in [0.15, 0.2) is 48.8 Å². The number of amides is 1. The molecule has 3 N–H and O–H groups in total. The van der Waals surface area contributed by atoms with Crippen molar-refractivity contribution < 1.29 is 24.5 Å². The minimum atomic E-state index is -1.22. The highest BCUT2D eigenvalue weighted by atomic mass is 35.5. The van der Waals surface area contributed by atoms with Crippen LogP contribution in [0, 0.1) is 0 Å². The molecular weight excluding hydrogens is 400 g/mol. The number of ether oxygens (including phenoxy) is 1. The summed E-state index contributed by atoms with van der Waals surface area (Å²) in [6.07, 6.45) is 1.19. The van der Waals surface area contributed by atoms with Gasteiger partial charge in [0.2, 0.25) is 5.88 Å². The number of carbonyl (C=O) groups is 2. The molecule has 0 radical (unpaired) electrons. The van der Waals surface area contributed by atoms with Crippen molar-refractivity contribution >= 4 is 39.9 Å². The number of rotatable bonds is 5. The maximum Gasteiger partial charge on any atom is 0.322 e. The molecule has 146 valence electrons. The fourth-order valence-corrected chi connectivity index (χ4v) is 3.08. The maximum absolute atomic E-state index is 12.3. The van der Waals surface area contributed by atoms with Gasteiger partial charge < -0.3 is 20.3 Å². The highest BCUT2D eigenvalue weighted by molar-refractivity contribution is 6.31. The Hall–Kier alpha value is -3.85. The highest BCUT2D eigenvalue weighted by Crippen LogP contribution is 2.34. The zero-order valence-electron chi connectivity index (χ0n) is 14.7. The van der Waals surface area contributed by atoms with Crippen molar-refractivity contribution in [3.8, 4) is 17.4 Å². The number of halogens is 1. The molecule has 0 aliphatic carbocycles. The molecule has 10 heteroatoms. The van der Waals surface area contributed by atoms with Gasteiger partial charge in [-0.2, -0.15) is 9.61 Å². The molecule has 0 saturated carbocycles. The molecule has 0 saturated heterocycles. The summed E-state index contributed by atoms with van der Waals surface area (Å²) >= 11 is 6.04. The summed E-state index contributed by atoms with van der Waals surface area (Å²) in [4.78, 5) is 27.0. The molecule has 0 fully saturated rings. The summed E-state index contributed by atoms with van der Waals surface area (Å²) < 4.78 is 7.19. The number of nitrogens with one attached hydrogen (secondary N) is 1. The number of hydrogen-bond acceptors (Lipinski definition) is 6. The number of aromatic nitrogens is 3. The third-order valence-corrected chi connectivity index (χ3v) is 4.38. The minimum absolute atomic E-state index is 0.0196. The SMILES string of the molecule is O=C(O)CNC(=O)c1c(O)cc(Oc2cccc3cc(Cl)ccc23)n2ncnc12. The van der Waals surface area contributed by atoms with Crippen LogP contribution in [-0.4, -0.2) is 43.2 Å². The maximum atomic E-state index is 12.3. The zero-order valence-corrected chi connectivity index (χ0v) is 15.4. The lowest BCUT2D eigenvalue weighted by molar-refractivity contribution is -0.135. The Morgan fingerprint density at radius 2 is 2.03 bits per heavy atom. The van der Waals surface area contributed by atoms with E-state index < -0.39 is 24.2 Å². The summed E-state index contributed by atoms with van der Waals surface area (Å²) in [7, 11) is 0. The Morgan fingerprint density at radius 3 is 2.83 bits per heavy atom. The van der Waals surface area contributed by atoms with E-state index in [1.807, 2.05) is 6.07 Å². The molecule has 29 heavy (non-hydrogen) atoms. The van der Waals surface area contributed by atoms with Crippen LogP contribution in [0.5, 0.6) is 17.4 Å². The Labute approximate surface area is 168 Å². The minimum Gasteiger partial charge on any atom is -0.507 e. The van der Waals surface area contributed by atoms with Crippen LogP contribution in [0.1, 0.15) is 10.4 Å². The van der Waals surface area contributed by atoms with Crippen molar-refractivity contribution in [3.63, 3.8) is 0 Å². The summed E-state index contributed by atoms with van der Waals surface area (Å²) in [6, 6.07) is 12.0. The van der Waals surface area contributed by atoms with E-state index in [0.29, 0.717) is 10.8 Å². The largest absolute Gasteiger partial charge is 0.507 e. The quantitative estimate of drug-likeness (QED) is 0.460. The number of hydrogen-bond donors (Lipinski definition) is 3. The van der Waals surface area contributed by atoms with E-state index in [-0.39, 0.29) is 17.1 Å². The average Bonchev–Trinajstić information content (AvgIpc) is 3.16. The van der Waals surface area contributed by atoms with Crippen LogP contribution in [0.3, 0.4) is 0 Å². The predicted molar refractivity (Wildman–Crippen MR) is 104 cm³/mol. The predicted octanol–water partition coefficient (Wildman–Crippen LogP) is 2.85. The van der Waals surface area contributed by atoms with Gasteiger partial charge in [0, 0.05) is 16.5 Å². The number of pyridine rings is 1. The molecule has 0 unspecified atom stereocenters. The molecule has 0 aliphatic rings. The lowest BCUT2D eigenvalue weighted by atomic mass is 10.1. The lowest BCUT2D eigenvalue weighted by Gasteiger charge is -2.13. The van der Waals surface area contributed by atoms with Crippen molar-refractivity contribution in [2.45, 2.75) is 0 Å². The first-order valence-electron chi connectivity index (χ1n) is 8.36. The number of carboxylic acids is 1. The molecule has 0 aliphatic heterocycles. The second-order valence-electron chi connectivity index (χ2n) is 6.04. The monoisotopic (exact) mass is 412 g/mol. The van der Waals surface area contributed by atoms with E-state index in [0.717, 1.165) is 10.8 Å². The standard InChI is InChI=1S/C19H13ClN4O5/c20-11-4-5-12-10(6-11)2-1-3-14(12)29-15-7-13(25)17(18-22-9-23-24(15)18)19(28)21-8-16(26)27/h1-7,9,25H,8H2,(H,21,28)(H,26,27). The molecule has 1 amide bonds. The van der Waals surface area contributed by atoms with Crippen LogP contribution < -0.4 is 10.1 Å². The first-order chi connectivity index (χ1) is 13.9. The Balaban J connectivity index is 1.77. The molecule has 0 atom stereocenters. The van der Waals surface area contributed by atoms with Crippen molar-refractivity contribution in [1.29, 1.82) is 0 Å². The second-order valence-corrected chi connectivity index (χ2v) is 6.47. The molecule has 0 bridgehead atoms. The Kier molecular flexibility index (Phi) is 4.65. The number of benzene rings is 2. The fourth-order valence-electron chi connectivity index (χ4n) is 2.90. The number of nitrogens with zero attached hydrogens (tertiary/aromatic N) is 3. The van der Waals surface area contributed by atoms with Crippen LogP contribution >= 0.6 is 11.6 Å². The van der Waals surface area contributed by atoms with Gasteiger partial charge in [-0.1, -0.05) is 23.7 Å². The van der Waals surface area contributed by atoms with Crippen molar-refractivity contribution in [2.75, 3.05) is 6.54 Å². The summed E-state index contributed by atoms with van der Waals surface area (Å²) in [6.45, 7) is -0.602. The van der Waals surface area contributed by atoms with E-state index in [1.165, 1.54) is 16.9 Å². The molecular formula is C19H13ClN4O5. The van der Waals surface area contributed by atoms with Gasteiger partial charge in [0.15, 0.2) is 5.65 Å². The number of aliphatic carboxylic acids is 1. The van der Waals surface area contributed by atoms with Crippen LogP contribution in [0.2, 0.25) is 5.02 Å². The summed E-state index contributed by atoms with van der Waals surface area (Å²) in [5.74, 6) is -1.84. The second kappa shape index (κ2) is 7.28. The van der Waals surface area contributed by atoms with E-state index in [1.54, 1.807) is 30.3 Å². The Bertz CT molecular complexity index is 1270. The van der Waals surface area contributed by atoms with Crippen molar-refractivity contribution in [1.82, 2.24) is 19.9 Å². The van der Waals surface area contributed by atoms with Gasteiger partial charge in [0.05, 0.1) is 0 Å². The smallest absolute Gasteiger partial charge is 0.322 e. The third kappa shape index (κ3) is 3.50. The van der Waals surface area contributed by atoms with E-state index in [2.05, 4.69) is 15.4 Å². The summed E-state index contributed by atoms with van der Waals surface area (Å²) in [5, 5.41) is 27.6. The van der Waals surface area contributed by atoms with Gasteiger partial charge in [-0.05, 0) is 29.7 Å². The molecule has 0 spiro atoms. The molecule has 2 aromatic carbocycles. The number of fused-ring (bicyclic) bond motifs is 2. The fraction of sp³-hybridized carbons (Fsp3) is 0.0526. The van der Waals surface area contributed by atoms with Crippen LogP contribution in [0.25, 0.3) is 16.4 Å². The highest BCUT2D eigenvalue weighted by Gasteiger charge is 2.22. The van der Waals surface area contributed by atoms with Gasteiger partial charge in [0.25, 0.3) is 5.91 Å². The van der Waals surface area contributed by atoms with Crippen molar-refractivity contribution in [3.05, 3.63) is 59.4 Å². The molecule has 4 aromatic rings. The van der Waals surface area contributed by atoms with Gasteiger partial charge in [-0.3, -0.25) is 9.59 Å². The first-order valence-corrected chi connectivity index (χ1v) is 8.73. The van der Waals surface area contributed by atoms with E-state index >= 15 is 0 Å². The van der Waals surface area contributed by atoms with Crippen molar-refractivity contribution in [2.24, 2.45) is 0 Å². The van der Waals surface area contributed by atoms with Gasteiger partial charge >= 0.3 is 5.97 Å². The Morgan fingerprint density at radius 1 is 1.21 bits per heavy atom. The first kappa shape index (κ1) is 18.5. The number of carboxylic acid groups (broad SMARTS) is 1.